The maximum absolute atomic E-state index is 11.7. The number of fused-ring (bicyclic) bond motifs is 4. The molecule has 0 aromatic rings. The van der Waals surface area contributed by atoms with Crippen LogP contribution < -0.4 is 0 Å². The number of hydrogen-bond donors (Lipinski definition) is 0. The number of hydrogen-bond acceptors (Lipinski definition) is 2. The van der Waals surface area contributed by atoms with Gasteiger partial charge in [-0.15, -0.1) is 0 Å². The number of ketones is 2. The standard InChI is InChI=1S/C19H24O.C4H8O/c1-12-3-5-16-15(12)7-8-18-17(16)6-4-13-11-14(20)9-10-19(13,18)2;1-3-4(2)5/h5,11-12,15H,3-4,6-10H2,1-2H3;3H2,1-2H3. The molecule has 2 heteroatoms. The van der Waals surface area contributed by atoms with Crippen LogP contribution in [0.1, 0.15) is 79.1 Å². The Labute approximate surface area is 152 Å². The van der Waals surface area contributed by atoms with E-state index < -0.39 is 0 Å². The largest absolute Gasteiger partial charge is 0.300 e. The van der Waals surface area contributed by atoms with E-state index in [1.807, 2.05) is 13.0 Å². The fourth-order valence-corrected chi connectivity index (χ4v) is 5.16. The van der Waals surface area contributed by atoms with Crippen LogP contribution in [0.5, 0.6) is 0 Å². The van der Waals surface area contributed by atoms with Crippen molar-refractivity contribution in [3.63, 3.8) is 0 Å². The Kier molecular flexibility index (Phi) is 5.18. The summed E-state index contributed by atoms with van der Waals surface area (Å²) in [5.74, 6) is 2.28. The van der Waals surface area contributed by atoms with Crippen LogP contribution in [0.25, 0.3) is 0 Å². The molecule has 0 saturated carbocycles. The average molecular weight is 341 g/mol. The van der Waals surface area contributed by atoms with Crippen LogP contribution in [0.2, 0.25) is 0 Å². The molecule has 0 aromatic heterocycles. The molecule has 2 nitrogen and oxygen atoms in total. The van der Waals surface area contributed by atoms with Gasteiger partial charge in [0.15, 0.2) is 5.78 Å². The van der Waals surface area contributed by atoms with Gasteiger partial charge in [-0.1, -0.05) is 38.0 Å². The van der Waals surface area contributed by atoms with Gasteiger partial charge in [-0.05, 0) is 74.5 Å². The van der Waals surface area contributed by atoms with E-state index in [-0.39, 0.29) is 11.2 Å². The molecule has 0 amide bonds. The van der Waals surface area contributed by atoms with E-state index in [0.717, 1.165) is 31.1 Å². The van der Waals surface area contributed by atoms with Crippen molar-refractivity contribution in [2.24, 2.45) is 17.3 Å². The highest BCUT2D eigenvalue weighted by Crippen LogP contribution is 2.57. The lowest BCUT2D eigenvalue weighted by Gasteiger charge is -2.46. The summed E-state index contributed by atoms with van der Waals surface area (Å²) in [5, 5.41) is 0. The number of Topliss-reactive ketones (excluding diaryl/α,β-unsaturated/α-hetero) is 1. The van der Waals surface area contributed by atoms with Crippen LogP contribution in [0.15, 0.2) is 34.4 Å². The number of rotatable bonds is 1. The lowest BCUT2D eigenvalue weighted by molar-refractivity contribution is -0.117. The predicted molar refractivity (Wildman–Crippen MR) is 102 cm³/mol. The molecule has 0 fully saturated rings. The second-order valence-electron chi connectivity index (χ2n) is 8.50. The SMILES string of the molecule is CC1CC=C2C3=C(CCC21)C1(C)CCC(=O)C=C1CC3.CCC(C)=O. The Hall–Kier alpha value is -1.44. The first-order valence-corrected chi connectivity index (χ1v) is 10.0. The Balaban J connectivity index is 0.000000324. The quantitative estimate of drug-likeness (QED) is 0.610. The Bertz CT molecular complexity index is 676. The van der Waals surface area contributed by atoms with Crippen LogP contribution in [0, 0.1) is 17.3 Å². The predicted octanol–water partition coefficient (Wildman–Crippen LogP) is 5.73. The Morgan fingerprint density at radius 3 is 2.64 bits per heavy atom. The summed E-state index contributed by atoms with van der Waals surface area (Å²) >= 11 is 0. The summed E-state index contributed by atoms with van der Waals surface area (Å²) in [7, 11) is 0. The van der Waals surface area contributed by atoms with Crippen LogP contribution in [0.3, 0.4) is 0 Å². The van der Waals surface area contributed by atoms with Crippen molar-refractivity contribution in [3.05, 3.63) is 34.4 Å². The molecule has 25 heavy (non-hydrogen) atoms. The maximum Gasteiger partial charge on any atom is 0.155 e. The highest BCUT2D eigenvalue weighted by Gasteiger charge is 2.44. The van der Waals surface area contributed by atoms with E-state index in [4.69, 9.17) is 0 Å². The van der Waals surface area contributed by atoms with Gasteiger partial charge in [0.25, 0.3) is 0 Å². The normalized spacial score (nSPS) is 33.4. The highest BCUT2D eigenvalue weighted by molar-refractivity contribution is 5.92. The van der Waals surface area contributed by atoms with Gasteiger partial charge < -0.3 is 4.79 Å². The molecule has 0 aromatic carbocycles. The molecule has 3 unspecified atom stereocenters. The van der Waals surface area contributed by atoms with Crippen LogP contribution in [0.4, 0.5) is 0 Å². The van der Waals surface area contributed by atoms with E-state index in [0.29, 0.717) is 12.2 Å². The minimum atomic E-state index is 0.207. The van der Waals surface area contributed by atoms with Crippen molar-refractivity contribution in [3.8, 4) is 0 Å². The van der Waals surface area contributed by atoms with Gasteiger partial charge in [-0.25, -0.2) is 0 Å². The first-order chi connectivity index (χ1) is 11.9. The van der Waals surface area contributed by atoms with Gasteiger partial charge in [-0.3, -0.25) is 4.79 Å². The van der Waals surface area contributed by atoms with Gasteiger partial charge in [0.05, 0.1) is 0 Å². The lowest BCUT2D eigenvalue weighted by atomic mass is 9.58. The minimum absolute atomic E-state index is 0.207. The van der Waals surface area contributed by atoms with Crippen molar-refractivity contribution < 1.29 is 9.59 Å². The fraction of sp³-hybridized carbons (Fsp3) is 0.652. The zero-order valence-electron chi connectivity index (χ0n) is 16.3. The molecule has 0 bridgehead atoms. The smallest absolute Gasteiger partial charge is 0.155 e. The molecular formula is C23H32O2. The summed E-state index contributed by atoms with van der Waals surface area (Å²) in [6.45, 7) is 8.25. The van der Waals surface area contributed by atoms with Gasteiger partial charge in [0.2, 0.25) is 0 Å². The minimum Gasteiger partial charge on any atom is -0.300 e. The van der Waals surface area contributed by atoms with E-state index in [9.17, 15) is 9.59 Å². The molecule has 0 N–H and O–H groups in total. The van der Waals surface area contributed by atoms with Crippen molar-refractivity contribution in [1.82, 2.24) is 0 Å². The number of carbonyl (C=O) groups excluding carboxylic acids is 2. The third kappa shape index (κ3) is 3.32. The monoisotopic (exact) mass is 340 g/mol. The zero-order valence-corrected chi connectivity index (χ0v) is 16.3. The van der Waals surface area contributed by atoms with Crippen LogP contribution >= 0.6 is 0 Å². The van der Waals surface area contributed by atoms with Gasteiger partial charge >= 0.3 is 0 Å². The summed E-state index contributed by atoms with van der Waals surface area (Å²) in [6.07, 6.45) is 13.1. The second kappa shape index (κ2) is 7.05. The highest BCUT2D eigenvalue weighted by atomic mass is 16.1. The molecule has 0 spiro atoms. The van der Waals surface area contributed by atoms with Gasteiger partial charge in [0.1, 0.15) is 5.78 Å². The van der Waals surface area contributed by atoms with Gasteiger partial charge in [0, 0.05) is 18.3 Å². The maximum atomic E-state index is 11.7. The molecule has 0 radical (unpaired) electrons. The molecular weight excluding hydrogens is 308 g/mol. The molecule has 4 rings (SSSR count). The Morgan fingerprint density at radius 1 is 1.24 bits per heavy atom. The van der Waals surface area contributed by atoms with Crippen LogP contribution in [-0.2, 0) is 9.59 Å². The van der Waals surface area contributed by atoms with Crippen molar-refractivity contribution >= 4 is 11.6 Å². The topological polar surface area (TPSA) is 34.1 Å². The first kappa shape index (κ1) is 18.4. The number of carbonyl (C=O) groups is 2. The summed E-state index contributed by atoms with van der Waals surface area (Å²) in [4.78, 5) is 21.6. The molecule has 3 atom stereocenters. The van der Waals surface area contributed by atoms with Crippen LogP contribution in [-0.4, -0.2) is 11.6 Å². The molecule has 4 aliphatic rings. The molecule has 4 aliphatic carbocycles. The third-order valence-electron chi connectivity index (χ3n) is 6.94. The fourth-order valence-electron chi connectivity index (χ4n) is 5.16. The zero-order chi connectivity index (χ0) is 18.2. The molecule has 0 aliphatic heterocycles. The molecule has 136 valence electrons. The van der Waals surface area contributed by atoms with Crippen molar-refractivity contribution in [1.29, 1.82) is 0 Å². The van der Waals surface area contributed by atoms with E-state index in [2.05, 4.69) is 19.9 Å². The lowest BCUT2D eigenvalue weighted by Crippen LogP contribution is -2.34. The molecule has 0 heterocycles. The average Bonchev–Trinajstić information content (AvgIpc) is 2.97. The van der Waals surface area contributed by atoms with E-state index >= 15 is 0 Å². The van der Waals surface area contributed by atoms with Crippen molar-refractivity contribution in [2.75, 3.05) is 0 Å². The van der Waals surface area contributed by atoms with E-state index in [1.165, 1.54) is 31.3 Å². The molecule has 0 saturated heterocycles. The number of allylic oxidation sites excluding steroid dienone is 6. The summed E-state index contributed by atoms with van der Waals surface area (Å²) < 4.78 is 0. The summed E-state index contributed by atoms with van der Waals surface area (Å²) in [5.41, 5.74) is 6.71. The van der Waals surface area contributed by atoms with Gasteiger partial charge in [-0.2, -0.15) is 0 Å². The third-order valence-corrected chi connectivity index (χ3v) is 6.94. The summed E-state index contributed by atoms with van der Waals surface area (Å²) in [6, 6.07) is 0. The van der Waals surface area contributed by atoms with Crippen molar-refractivity contribution in [2.45, 2.75) is 79.1 Å². The Morgan fingerprint density at radius 2 is 1.96 bits per heavy atom. The van der Waals surface area contributed by atoms with E-state index in [1.54, 1.807) is 23.6 Å². The second-order valence-corrected chi connectivity index (χ2v) is 8.50. The first-order valence-electron chi connectivity index (χ1n) is 10.0.